The molecule has 2 heterocycles. The molecule has 28 heavy (non-hydrogen) atoms. The summed E-state index contributed by atoms with van der Waals surface area (Å²) in [6, 6.07) is 7.40. The lowest BCUT2D eigenvalue weighted by atomic mass is 10.2. The largest absolute Gasteiger partial charge is 0.441 e. The molecule has 9 heteroatoms. The zero-order valence-electron chi connectivity index (χ0n) is 15.7. The highest BCUT2D eigenvalue weighted by Crippen LogP contribution is 2.22. The Morgan fingerprint density at radius 1 is 1.21 bits per heavy atom. The van der Waals surface area contributed by atoms with Crippen LogP contribution in [0.5, 0.6) is 0 Å². The maximum absolute atomic E-state index is 12.0. The summed E-state index contributed by atoms with van der Waals surface area (Å²) < 4.78 is 5.72. The highest BCUT2D eigenvalue weighted by Gasteiger charge is 2.10. The molecule has 6 nitrogen and oxygen atoms in total. The number of nitrogens with one attached hydrogen (secondary N) is 2. The van der Waals surface area contributed by atoms with Crippen LogP contribution in [-0.2, 0) is 11.2 Å². The maximum Gasteiger partial charge on any atom is 0.220 e. The molecule has 1 aromatic heterocycles. The molecular formula is C19H27Cl3N4O2. The SMILES string of the molecule is Cl.Cl.O=C(CCc1ncc(-c2ccc(Cl)cc2)o1)NCCCN1CCNCC1. The van der Waals surface area contributed by atoms with Crippen molar-refractivity contribution in [2.45, 2.75) is 19.3 Å². The number of rotatable bonds is 8. The van der Waals surface area contributed by atoms with Crippen LogP contribution in [0.1, 0.15) is 18.7 Å². The molecule has 1 fully saturated rings. The van der Waals surface area contributed by atoms with Gasteiger partial charge in [-0.25, -0.2) is 4.98 Å². The number of piperazine rings is 1. The van der Waals surface area contributed by atoms with Gasteiger partial charge in [0.25, 0.3) is 0 Å². The second kappa shape index (κ2) is 13.0. The summed E-state index contributed by atoms with van der Waals surface area (Å²) >= 11 is 5.89. The number of halogens is 3. The van der Waals surface area contributed by atoms with E-state index < -0.39 is 0 Å². The van der Waals surface area contributed by atoms with Gasteiger partial charge in [0.15, 0.2) is 11.7 Å². The van der Waals surface area contributed by atoms with E-state index in [0.717, 1.165) is 44.7 Å². The zero-order chi connectivity index (χ0) is 18.2. The van der Waals surface area contributed by atoms with Crippen LogP contribution in [0.2, 0.25) is 5.02 Å². The van der Waals surface area contributed by atoms with E-state index in [9.17, 15) is 4.79 Å². The normalized spacial score (nSPS) is 14.0. The molecule has 1 amide bonds. The van der Waals surface area contributed by atoms with Crippen LogP contribution in [0.15, 0.2) is 34.9 Å². The van der Waals surface area contributed by atoms with Gasteiger partial charge in [0.05, 0.1) is 6.20 Å². The van der Waals surface area contributed by atoms with Gasteiger partial charge in [-0.3, -0.25) is 4.79 Å². The van der Waals surface area contributed by atoms with Crippen molar-refractivity contribution in [2.24, 2.45) is 0 Å². The van der Waals surface area contributed by atoms with Crippen molar-refractivity contribution in [1.82, 2.24) is 20.5 Å². The first-order valence-corrected chi connectivity index (χ1v) is 9.49. The Morgan fingerprint density at radius 3 is 2.64 bits per heavy atom. The van der Waals surface area contributed by atoms with Crippen molar-refractivity contribution >= 4 is 42.3 Å². The molecule has 156 valence electrons. The van der Waals surface area contributed by atoms with Crippen molar-refractivity contribution in [3.8, 4) is 11.3 Å². The average molecular weight is 450 g/mol. The molecule has 3 rings (SSSR count). The van der Waals surface area contributed by atoms with Gasteiger partial charge in [-0.2, -0.15) is 0 Å². The van der Waals surface area contributed by atoms with E-state index in [1.54, 1.807) is 6.20 Å². The van der Waals surface area contributed by atoms with Crippen molar-refractivity contribution in [3.63, 3.8) is 0 Å². The molecule has 1 aliphatic heterocycles. The fourth-order valence-corrected chi connectivity index (χ4v) is 3.07. The topological polar surface area (TPSA) is 70.4 Å². The highest BCUT2D eigenvalue weighted by molar-refractivity contribution is 6.30. The van der Waals surface area contributed by atoms with Gasteiger partial charge in [-0.05, 0) is 37.2 Å². The summed E-state index contributed by atoms with van der Waals surface area (Å²) in [6.07, 6.45) is 3.54. The Morgan fingerprint density at radius 2 is 1.93 bits per heavy atom. The minimum absolute atomic E-state index is 0. The smallest absolute Gasteiger partial charge is 0.220 e. The van der Waals surface area contributed by atoms with Crippen LogP contribution in [0.25, 0.3) is 11.3 Å². The summed E-state index contributed by atoms with van der Waals surface area (Å²) in [6.45, 7) is 6.04. The standard InChI is InChI=1S/C19H25ClN4O2.2ClH/c20-16-4-2-15(3-5-16)17-14-23-19(26-17)7-6-18(25)22-8-1-11-24-12-9-21-10-13-24;;/h2-5,14,21H,1,6-13H2,(H,22,25);2*1H. The molecule has 0 bridgehead atoms. The van der Waals surface area contributed by atoms with Crippen LogP contribution >= 0.6 is 36.4 Å². The number of aryl methyl sites for hydroxylation is 1. The highest BCUT2D eigenvalue weighted by atomic mass is 35.5. The fourth-order valence-electron chi connectivity index (χ4n) is 2.95. The zero-order valence-corrected chi connectivity index (χ0v) is 18.0. The molecule has 1 aromatic carbocycles. The molecule has 1 saturated heterocycles. The van der Waals surface area contributed by atoms with Gasteiger partial charge in [0.2, 0.25) is 5.91 Å². The number of aromatic nitrogens is 1. The number of nitrogens with zero attached hydrogens (tertiary/aromatic N) is 2. The molecule has 0 unspecified atom stereocenters. The molecule has 0 spiro atoms. The fraction of sp³-hybridized carbons (Fsp3) is 0.474. The first kappa shape index (κ1) is 24.7. The summed E-state index contributed by atoms with van der Waals surface area (Å²) in [5, 5.41) is 6.99. The summed E-state index contributed by atoms with van der Waals surface area (Å²) in [4.78, 5) is 18.6. The van der Waals surface area contributed by atoms with Crippen molar-refractivity contribution < 1.29 is 9.21 Å². The Labute approximate surface area is 183 Å². The molecule has 0 aliphatic carbocycles. The number of carbonyl (C=O) groups is 1. The molecule has 0 atom stereocenters. The Hall–Kier alpha value is -1.31. The summed E-state index contributed by atoms with van der Waals surface area (Å²) in [7, 11) is 0. The number of hydrogen-bond acceptors (Lipinski definition) is 5. The number of carbonyl (C=O) groups excluding carboxylic acids is 1. The Kier molecular flexibility index (Phi) is 11.5. The van der Waals surface area contributed by atoms with Crippen molar-refractivity contribution in [2.75, 3.05) is 39.3 Å². The number of benzene rings is 1. The number of hydrogen-bond donors (Lipinski definition) is 2. The van der Waals surface area contributed by atoms with E-state index in [-0.39, 0.29) is 30.7 Å². The van der Waals surface area contributed by atoms with Crippen LogP contribution in [0.4, 0.5) is 0 Å². The first-order chi connectivity index (χ1) is 12.7. The van der Waals surface area contributed by atoms with E-state index in [2.05, 4.69) is 20.5 Å². The summed E-state index contributed by atoms with van der Waals surface area (Å²) in [5.41, 5.74) is 0.922. The van der Waals surface area contributed by atoms with Gasteiger partial charge in [0.1, 0.15) is 0 Å². The third-order valence-electron chi connectivity index (χ3n) is 4.43. The van der Waals surface area contributed by atoms with Gasteiger partial charge in [-0.1, -0.05) is 11.6 Å². The molecule has 0 saturated carbocycles. The van der Waals surface area contributed by atoms with Gasteiger partial charge < -0.3 is 20.0 Å². The van der Waals surface area contributed by atoms with E-state index in [4.69, 9.17) is 16.0 Å². The van der Waals surface area contributed by atoms with Gasteiger partial charge >= 0.3 is 0 Å². The number of amides is 1. The summed E-state index contributed by atoms with van der Waals surface area (Å²) in [5.74, 6) is 1.30. The first-order valence-electron chi connectivity index (χ1n) is 9.11. The monoisotopic (exact) mass is 448 g/mol. The minimum Gasteiger partial charge on any atom is -0.441 e. The van der Waals surface area contributed by atoms with Gasteiger partial charge in [0, 0.05) is 56.2 Å². The van der Waals surface area contributed by atoms with E-state index in [1.165, 1.54) is 0 Å². The lowest BCUT2D eigenvalue weighted by Gasteiger charge is -2.27. The maximum atomic E-state index is 12.0. The second-order valence-corrected chi connectivity index (χ2v) is 6.86. The predicted molar refractivity (Wildman–Crippen MR) is 117 cm³/mol. The van der Waals surface area contributed by atoms with Crippen molar-refractivity contribution in [3.05, 3.63) is 41.4 Å². The third-order valence-corrected chi connectivity index (χ3v) is 4.68. The van der Waals surface area contributed by atoms with Crippen LogP contribution in [0.3, 0.4) is 0 Å². The average Bonchev–Trinajstić information content (AvgIpc) is 3.14. The Balaban J connectivity index is 0.00000196. The number of oxazole rings is 1. The lowest BCUT2D eigenvalue weighted by Crippen LogP contribution is -2.44. The lowest BCUT2D eigenvalue weighted by molar-refractivity contribution is -0.121. The molecule has 2 aromatic rings. The van der Waals surface area contributed by atoms with Crippen LogP contribution in [-0.4, -0.2) is 55.1 Å². The molecule has 1 aliphatic rings. The van der Waals surface area contributed by atoms with Gasteiger partial charge in [-0.15, -0.1) is 24.8 Å². The van der Waals surface area contributed by atoms with Crippen LogP contribution in [0, 0.1) is 0 Å². The quantitative estimate of drug-likeness (QED) is 0.606. The molecular weight excluding hydrogens is 423 g/mol. The Bertz CT molecular complexity index is 703. The van der Waals surface area contributed by atoms with E-state index >= 15 is 0 Å². The van der Waals surface area contributed by atoms with Crippen molar-refractivity contribution in [1.29, 1.82) is 0 Å². The molecule has 2 N–H and O–H groups in total. The van der Waals surface area contributed by atoms with E-state index in [1.807, 2.05) is 24.3 Å². The predicted octanol–water partition coefficient (Wildman–Crippen LogP) is 3.18. The molecule has 0 radical (unpaired) electrons. The second-order valence-electron chi connectivity index (χ2n) is 6.42. The third kappa shape index (κ3) is 7.97. The van der Waals surface area contributed by atoms with E-state index in [0.29, 0.717) is 36.1 Å². The van der Waals surface area contributed by atoms with Crippen LogP contribution < -0.4 is 10.6 Å². The minimum atomic E-state index is 0.